The molecule has 1 saturated heterocycles. The third kappa shape index (κ3) is 8.27. The number of fused-ring (bicyclic) bond motifs is 1. The number of aliphatic hydroxyl groups is 1. The van der Waals surface area contributed by atoms with E-state index in [1.165, 1.54) is 0 Å². The molecule has 0 aliphatic carbocycles. The zero-order chi connectivity index (χ0) is 35.6. The Morgan fingerprint density at radius 1 is 0.880 bits per heavy atom. The molecule has 0 spiro atoms. The number of nitrogens with one attached hydrogen (secondary N) is 2. The van der Waals surface area contributed by atoms with Crippen LogP contribution >= 0.6 is 0 Å². The third-order valence-electron chi connectivity index (χ3n) is 9.05. The van der Waals surface area contributed by atoms with Crippen molar-refractivity contribution >= 4 is 29.2 Å². The van der Waals surface area contributed by atoms with Gasteiger partial charge in [-0.05, 0) is 93.1 Å². The number of ether oxygens (including phenoxy) is 1. The minimum Gasteiger partial charge on any atom is -0.459 e. The molecule has 4 heterocycles. The quantitative estimate of drug-likeness (QED) is 0.213. The summed E-state index contributed by atoms with van der Waals surface area (Å²) in [7, 11) is 0. The predicted octanol–water partition coefficient (Wildman–Crippen LogP) is 4.79. The van der Waals surface area contributed by atoms with Crippen LogP contribution in [-0.2, 0) is 29.2 Å². The van der Waals surface area contributed by atoms with Crippen LogP contribution in [0.15, 0.2) is 60.8 Å². The number of aliphatic hydroxyl groups excluding tert-OH is 1. The topological polar surface area (TPSA) is 142 Å². The summed E-state index contributed by atoms with van der Waals surface area (Å²) in [6, 6.07) is 16.9. The third-order valence-corrected chi connectivity index (χ3v) is 9.05. The summed E-state index contributed by atoms with van der Waals surface area (Å²) in [5, 5.41) is 20.4. The minimum atomic E-state index is -0.543. The highest BCUT2D eigenvalue weighted by molar-refractivity contribution is 6.05. The van der Waals surface area contributed by atoms with E-state index < -0.39 is 5.60 Å². The Bertz CT molecular complexity index is 1900. The van der Waals surface area contributed by atoms with Gasteiger partial charge in [-0.2, -0.15) is 5.10 Å². The zero-order valence-corrected chi connectivity index (χ0v) is 29.3. The standard InChI is InChI=1S/C38H45N7O5/c1-24-29(8-6-10-31(24)40-36(48)33-13-12-26(19-39-33)20-43-15-14-28(46)22-43)30-9-7-11-32(25(30)2)41-37(49)34-18-27-21-44(16-17-45(27)42-34)23-35(47)50-38(3,4)5/h6-13,18-19,28,46H,14-17,20-23H2,1-5H3,(H,40,48)(H,41,49). The van der Waals surface area contributed by atoms with Crippen LogP contribution < -0.4 is 10.6 Å². The van der Waals surface area contributed by atoms with Gasteiger partial charge in [-0.25, -0.2) is 0 Å². The lowest BCUT2D eigenvalue weighted by Crippen LogP contribution is -2.39. The lowest BCUT2D eigenvalue weighted by molar-refractivity contribution is -0.156. The largest absolute Gasteiger partial charge is 0.459 e. The second-order valence-electron chi connectivity index (χ2n) is 14.1. The number of hydrogen-bond acceptors (Lipinski definition) is 9. The number of nitrogens with zero attached hydrogens (tertiary/aromatic N) is 5. The second-order valence-corrected chi connectivity index (χ2v) is 14.1. The van der Waals surface area contributed by atoms with E-state index in [4.69, 9.17) is 4.74 Å². The van der Waals surface area contributed by atoms with Crippen LogP contribution in [0.3, 0.4) is 0 Å². The number of anilines is 2. The number of β-amino-alcohol motifs (C(OH)–C–C–N with tert-alkyl or cyclic N) is 1. The molecule has 1 unspecified atom stereocenters. The summed E-state index contributed by atoms with van der Waals surface area (Å²) in [6.45, 7) is 13.5. The number of likely N-dealkylation sites (tertiary alicyclic amines) is 1. The molecule has 2 aromatic carbocycles. The molecule has 2 aliphatic rings. The van der Waals surface area contributed by atoms with Crippen molar-refractivity contribution in [2.45, 2.75) is 72.4 Å². The van der Waals surface area contributed by atoms with E-state index in [2.05, 4.69) is 25.6 Å². The number of pyridine rings is 1. The van der Waals surface area contributed by atoms with Crippen molar-refractivity contribution in [3.05, 3.63) is 94.6 Å². The molecule has 2 aliphatic heterocycles. The molecule has 0 saturated carbocycles. The summed E-state index contributed by atoms with van der Waals surface area (Å²) in [4.78, 5) is 47.5. The molecule has 50 heavy (non-hydrogen) atoms. The molecule has 0 radical (unpaired) electrons. The van der Waals surface area contributed by atoms with Crippen molar-refractivity contribution in [3.63, 3.8) is 0 Å². The molecule has 4 aromatic rings. The first kappa shape index (κ1) is 34.9. The van der Waals surface area contributed by atoms with Crippen molar-refractivity contribution in [1.82, 2.24) is 24.6 Å². The number of hydrogen-bond donors (Lipinski definition) is 3. The first-order chi connectivity index (χ1) is 23.8. The highest BCUT2D eigenvalue weighted by Crippen LogP contribution is 2.34. The Morgan fingerprint density at radius 2 is 1.54 bits per heavy atom. The van der Waals surface area contributed by atoms with E-state index in [9.17, 15) is 19.5 Å². The lowest BCUT2D eigenvalue weighted by Gasteiger charge is -2.28. The van der Waals surface area contributed by atoms with Gasteiger partial charge in [0.15, 0.2) is 5.69 Å². The summed E-state index contributed by atoms with van der Waals surface area (Å²) in [5.74, 6) is -0.901. The van der Waals surface area contributed by atoms with Gasteiger partial charge in [0.05, 0.1) is 24.9 Å². The molecule has 6 rings (SSSR count). The fraction of sp³-hybridized carbons (Fsp3) is 0.395. The van der Waals surface area contributed by atoms with Crippen LogP contribution in [0, 0.1) is 13.8 Å². The Kier molecular flexibility index (Phi) is 10.1. The zero-order valence-electron chi connectivity index (χ0n) is 29.3. The van der Waals surface area contributed by atoms with E-state index in [1.54, 1.807) is 18.3 Å². The summed E-state index contributed by atoms with van der Waals surface area (Å²) >= 11 is 0. The molecule has 3 N–H and O–H groups in total. The van der Waals surface area contributed by atoms with E-state index in [1.807, 2.05) is 86.7 Å². The van der Waals surface area contributed by atoms with E-state index in [-0.39, 0.29) is 30.4 Å². The predicted molar refractivity (Wildman–Crippen MR) is 191 cm³/mol. The first-order valence-corrected chi connectivity index (χ1v) is 17.0. The molecule has 262 valence electrons. The average molecular weight is 680 g/mol. The number of rotatable bonds is 9. The van der Waals surface area contributed by atoms with Gasteiger partial charge in [-0.1, -0.05) is 30.3 Å². The van der Waals surface area contributed by atoms with Crippen molar-refractivity contribution in [2.24, 2.45) is 0 Å². The molecule has 12 heteroatoms. The minimum absolute atomic E-state index is 0.177. The normalized spacial score (nSPS) is 16.6. The van der Waals surface area contributed by atoms with Crippen LogP contribution in [0.5, 0.6) is 0 Å². The highest BCUT2D eigenvalue weighted by Gasteiger charge is 2.25. The number of carbonyl (C=O) groups is 3. The maximum absolute atomic E-state index is 13.4. The molecule has 0 bridgehead atoms. The van der Waals surface area contributed by atoms with Gasteiger partial charge in [-0.3, -0.25) is 33.8 Å². The van der Waals surface area contributed by atoms with E-state index in [0.717, 1.165) is 46.5 Å². The van der Waals surface area contributed by atoms with Gasteiger partial charge < -0.3 is 20.5 Å². The Labute approximate surface area is 292 Å². The van der Waals surface area contributed by atoms with Crippen molar-refractivity contribution in [3.8, 4) is 11.1 Å². The molecule has 1 atom stereocenters. The van der Waals surface area contributed by atoms with Gasteiger partial charge in [-0.15, -0.1) is 0 Å². The van der Waals surface area contributed by atoms with Gasteiger partial charge in [0.1, 0.15) is 11.3 Å². The first-order valence-electron chi connectivity index (χ1n) is 17.0. The SMILES string of the molecule is Cc1c(NC(=O)c2ccc(CN3CCC(O)C3)cn2)cccc1-c1cccc(NC(=O)c2cc3n(n2)CCN(CC(=O)OC(C)(C)C)C3)c1C. The molecule has 2 amide bonds. The molecule has 2 aromatic heterocycles. The van der Waals surface area contributed by atoms with Gasteiger partial charge in [0.2, 0.25) is 0 Å². The number of aromatic nitrogens is 3. The summed E-state index contributed by atoms with van der Waals surface area (Å²) in [5.41, 5.74) is 6.87. The molecular weight excluding hydrogens is 634 g/mol. The maximum Gasteiger partial charge on any atom is 0.320 e. The second kappa shape index (κ2) is 14.5. The van der Waals surface area contributed by atoms with Crippen molar-refractivity contribution in [2.75, 3.05) is 36.8 Å². The summed E-state index contributed by atoms with van der Waals surface area (Å²) < 4.78 is 7.29. The fourth-order valence-electron chi connectivity index (χ4n) is 6.49. The lowest BCUT2D eigenvalue weighted by atomic mass is 9.94. The van der Waals surface area contributed by atoms with Crippen LogP contribution in [0.4, 0.5) is 11.4 Å². The van der Waals surface area contributed by atoms with Gasteiger partial charge >= 0.3 is 5.97 Å². The van der Waals surface area contributed by atoms with Crippen LogP contribution in [0.2, 0.25) is 0 Å². The number of amides is 2. The maximum atomic E-state index is 13.4. The van der Waals surface area contributed by atoms with E-state index in [0.29, 0.717) is 55.5 Å². The Morgan fingerprint density at radius 3 is 2.12 bits per heavy atom. The van der Waals surface area contributed by atoms with Crippen LogP contribution in [0.1, 0.15) is 70.6 Å². The molecular formula is C38H45N7O5. The smallest absolute Gasteiger partial charge is 0.320 e. The highest BCUT2D eigenvalue weighted by atomic mass is 16.6. The molecule has 1 fully saturated rings. The number of esters is 1. The Balaban J connectivity index is 1.11. The summed E-state index contributed by atoms with van der Waals surface area (Å²) in [6.07, 6.45) is 2.21. The molecule has 12 nitrogen and oxygen atoms in total. The van der Waals surface area contributed by atoms with E-state index >= 15 is 0 Å². The average Bonchev–Trinajstić information content (AvgIpc) is 3.68. The Hall–Kier alpha value is -4.91. The van der Waals surface area contributed by atoms with Crippen molar-refractivity contribution in [1.29, 1.82) is 0 Å². The van der Waals surface area contributed by atoms with Crippen molar-refractivity contribution < 1.29 is 24.2 Å². The van der Waals surface area contributed by atoms with Gasteiger partial charge in [0.25, 0.3) is 11.8 Å². The fourth-order valence-corrected chi connectivity index (χ4v) is 6.49. The number of benzene rings is 2. The van der Waals surface area contributed by atoms with Gasteiger partial charge in [0, 0.05) is 50.3 Å². The van der Waals surface area contributed by atoms with Crippen LogP contribution in [0.25, 0.3) is 11.1 Å². The monoisotopic (exact) mass is 679 g/mol. The van der Waals surface area contributed by atoms with Crippen LogP contribution in [-0.4, -0.2) is 85.3 Å². The number of carbonyl (C=O) groups excluding carboxylic acids is 3.